The van der Waals surface area contributed by atoms with Gasteiger partial charge >= 0.3 is 6.09 Å². The summed E-state index contributed by atoms with van der Waals surface area (Å²) in [6.45, 7) is 2.13. The number of piperazine rings is 1. The van der Waals surface area contributed by atoms with Crippen molar-refractivity contribution in [3.63, 3.8) is 0 Å². The largest absolute Gasteiger partial charge is 0.465 e. The van der Waals surface area contributed by atoms with Gasteiger partial charge in [-0.1, -0.05) is 5.16 Å². The number of hydrogen-bond acceptors (Lipinski definition) is 8. The molecule has 0 spiro atoms. The van der Waals surface area contributed by atoms with Gasteiger partial charge in [-0.25, -0.2) is 14.8 Å². The van der Waals surface area contributed by atoms with Crippen molar-refractivity contribution in [1.82, 2.24) is 14.9 Å². The number of oxime groups is 1. The Morgan fingerprint density at radius 3 is 2.78 bits per heavy atom. The zero-order valence-electron chi connectivity index (χ0n) is 12.6. The average Bonchev–Trinajstić information content (AvgIpc) is 2.56. The summed E-state index contributed by atoms with van der Waals surface area (Å²) in [4.78, 5) is 27.4. The molecule has 10 nitrogen and oxygen atoms in total. The van der Waals surface area contributed by atoms with E-state index in [2.05, 4.69) is 15.1 Å². The molecule has 2 rings (SSSR count). The summed E-state index contributed by atoms with van der Waals surface area (Å²) < 4.78 is 0. The van der Waals surface area contributed by atoms with E-state index in [-0.39, 0.29) is 12.4 Å². The molecule has 1 aromatic rings. The number of carboxylic acid groups (broad SMARTS) is 1. The molecule has 0 bridgehead atoms. The van der Waals surface area contributed by atoms with Gasteiger partial charge in [0.1, 0.15) is 24.6 Å². The molecule has 0 aromatic carbocycles. The Hall–Kier alpha value is -2.62. The van der Waals surface area contributed by atoms with Crippen LogP contribution in [-0.4, -0.2) is 76.8 Å². The van der Waals surface area contributed by atoms with E-state index in [9.17, 15) is 4.79 Å². The maximum Gasteiger partial charge on any atom is 0.407 e. The quantitative estimate of drug-likeness (QED) is 0.365. The fraction of sp³-hybridized carbons (Fsp3) is 0.538. The first-order valence-corrected chi connectivity index (χ1v) is 7.23. The van der Waals surface area contributed by atoms with E-state index >= 15 is 0 Å². The highest BCUT2D eigenvalue weighted by atomic mass is 16.6. The third-order valence-corrected chi connectivity index (χ3v) is 3.39. The molecule has 1 amide bonds. The number of hydrogen-bond donors (Lipinski definition) is 3. The van der Waals surface area contributed by atoms with Crippen molar-refractivity contribution in [3.8, 4) is 0 Å². The number of carbonyl (C=O) groups is 1. The Labute approximate surface area is 133 Å². The summed E-state index contributed by atoms with van der Waals surface area (Å²) in [6.07, 6.45) is 2.36. The molecule has 0 saturated carbocycles. The van der Waals surface area contributed by atoms with E-state index in [1.54, 1.807) is 0 Å². The molecule has 0 unspecified atom stereocenters. The van der Waals surface area contributed by atoms with Crippen molar-refractivity contribution in [2.24, 2.45) is 5.16 Å². The van der Waals surface area contributed by atoms with E-state index in [0.29, 0.717) is 50.6 Å². The highest BCUT2D eigenvalue weighted by Crippen LogP contribution is 2.21. The molecule has 2 heterocycles. The monoisotopic (exact) mass is 324 g/mol. The minimum absolute atomic E-state index is 0.0329. The van der Waals surface area contributed by atoms with Gasteiger partial charge < -0.3 is 30.6 Å². The minimum Gasteiger partial charge on any atom is -0.465 e. The summed E-state index contributed by atoms with van der Waals surface area (Å²) in [6, 6.07) is 0. The number of nitrogens with two attached hydrogens (primary N) is 1. The van der Waals surface area contributed by atoms with Crippen molar-refractivity contribution in [2.75, 3.05) is 50.0 Å². The van der Waals surface area contributed by atoms with Gasteiger partial charge in [-0.15, -0.1) is 0 Å². The summed E-state index contributed by atoms with van der Waals surface area (Å²) >= 11 is 0. The Bertz CT molecular complexity index is 559. The van der Waals surface area contributed by atoms with Crippen LogP contribution in [0.4, 0.5) is 16.4 Å². The summed E-state index contributed by atoms with van der Waals surface area (Å²) in [7, 11) is 0. The Morgan fingerprint density at radius 1 is 1.39 bits per heavy atom. The molecule has 1 saturated heterocycles. The maximum atomic E-state index is 11.0. The molecule has 1 aliphatic rings. The summed E-state index contributed by atoms with van der Waals surface area (Å²) in [5, 5.41) is 21.5. The number of anilines is 2. The Kier molecular flexibility index (Phi) is 5.92. The van der Waals surface area contributed by atoms with Crippen LogP contribution in [0.2, 0.25) is 0 Å². The fourth-order valence-corrected chi connectivity index (χ4v) is 2.16. The van der Waals surface area contributed by atoms with Crippen molar-refractivity contribution in [3.05, 3.63) is 11.9 Å². The van der Waals surface area contributed by atoms with Crippen LogP contribution in [0.15, 0.2) is 11.5 Å². The standard InChI is InChI=1S/C13H20N6O4/c14-11-10(8-17-23-7-1-6-20)12(16-9-15-11)18-2-4-19(5-3-18)13(21)22/h8-9,20H,1-7H2,(H,21,22)(H2,14,15,16). The van der Waals surface area contributed by atoms with Crippen LogP contribution in [0.25, 0.3) is 0 Å². The molecule has 0 aliphatic carbocycles. The molecule has 1 aliphatic heterocycles. The zero-order chi connectivity index (χ0) is 16.7. The van der Waals surface area contributed by atoms with E-state index in [1.165, 1.54) is 17.4 Å². The molecule has 4 N–H and O–H groups in total. The van der Waals surface area contributed by atoms with Crippen LogP contribution in [0, 0.1) is 0 Å². The highest BCUT2D eigenvalue weighted by Gasteiger charge is 2.23. The van der Waals surface area contributed by atoms with Crippen LogP contribution in [0.5, 0.6) is 0 Å². The highest BCUT2D eigenvalue weighted by molar-refractivity contribution is 5.91. The second-order valence-corrected chi connectivity index (χ2v) is 4.90. The van der Waals surface area contributed by atoms with Crippen molar-refractivity contribution in [2.45, 2.75) is 6.42 Å². The number of aromatic nitrogens is 2. The van der Waals surface area contributed by atoms with E-state index in [0.717, 1.165) is 0 Å². The molecule has 10 heteroatoms. The molecule has 1 aromatic heterocycles. The predicted octanol–water partition coefficient (Wildman–Crippen LogP) is -0.408. The number of rotatable bonds is 6. The zero-order valence-corrected chi connectivity index (χ0v) is 12.6. The SMILES string of the molecule is Nc1ncnc(N2CCN(C(=O)O)CC2)c1C=NOCCCO. The molecular formula is C13H20N6O4. The number of amides is 1. The Balaban J connectivity index is 2.07. The number of nitrogens with zero attached hydrogens (tertiary/aromatic N) is 5. The van der Waals surface area contributed by atoms with Gasteiger partial charge in [0.2, 0.25) is 0 Å². The van der Waals surface area contributed by atoms with Crippen LogP contribution >= 0.6 is 0 Å². The first-order valence-electron chi connectivity index (χ1n) is 7.23. The van der Waals surface area contributed by atoms with Gasteiger partial charge in [0.05, 0.1) is 11.8 Å². The number of aliphatic hydroxyl groups excluding tert-OH is 1. The molecule has 0 atom stereocenters. The lowest BCUT2D eigenvalue weighted by molar-refractivity contribution is 0.125. The van der Waals surface area contributed by atoms with Crippen molar-refractivity contribution < 1.29 is 19.8 Å². The second-order valence-electron chi connectivity index (χ2n) is 4.90. The fourth-order valence-electron chi connectivity index (χ4n) is 2.16. The van der Waals surface area contributed by atoms with Crippen LogP contribution in [0.1, 0.15) is 12.0 Å². The van der Waals surface area contributed by atoms with E-state index in [1.807, 2.05) is 4.90 Å². The van der Waals surface area contributed by atoms with Gasteiger partial charge in [0, 0.05) is 39.2 Å². The first kappa shape index (κ1) is 16.7. The second kappa shape index (κ2) is 8.13. The number of aliphatic hydroxyl groups is 1. The van der Waals surface area contributed by atoms with Gasteiger partial charge in [-0.3, -0.25) is 0 Å². The van der Waals surface area contributed by atoms with Crippen LogP contribution in [0.3, 0.4) is 0 Å². The van der Waals surface area contributed by atoms with Gasteiger partial charge in [-0.05, 0) is 0 Å². The third kappa shape index (κ3) is 4.42. The predicted molar refractivity (Wildman–Crippen MR) is 83.5 cm³/mol. The van der Waals surface area contributed by atoms with Crippen LogP contribution < -0.4 is 10.6 Å². The minimum atomic E-state index is -0.925. The van der Waals surface area contributed by atoms with Gasteiger partial charge in [0.25, 0.3) is 0 Å². The smallest absolute Gasteiger partial charge is 0.407 e. The molecule has 23 heavy (non-hydrogen) atoms. The summed E-state index contributed by atoms with van der Waals surface area (Å²) in [5.41, 5.74) is 6.40. The van der Waals surface area contributed by atoms with Gasteiger partial charge in [-0.2, -0.15) is 0 Å². The van der Waals surface area contributed by atoms with E-state index in [4.69, 9.17) is 20.8 Å². The maximum absolute atomic E-state index is 11.0. The normalized spacial score (nSPS) is 15.2. The molecule has 1 fully saturated rings. The number of nitrogen functional groups attached to an aromatic ring is 1. The van der Waals surface area contributed by atoms with Crippen molar-refractivity contribution >= 4 is 23.9 Å². The first-order chi connectivity index (χ1) is 11.1. The average molecular weight is 324 g/mol. The molecule has 126 valence electrons. The lowest BCUT2D eigenvalue weighted by Gasteiger charge is -2.34. The van der Waals surface area contributed by atoms with Crippen molar-refractivity contribution in [1.29, 1.82) is 0 Å². The summed E-state index contributed by atoms with van der Waals surface area (Å²) in [5.74, 6) is 0.863. The van der Waals surface area contributed by atoms with Gasteiger partial charge in [0.15, 0.2) is 0 Å². The van der Waals surface area contributed by atoms with Crippen LogP contribution in [-0.2, 0) is 4.84 Å². The molecule has 0 radical (unpaired) electrons. The Morgan fingerprint density at radius 2 is 2.13 bits per heavy atom. The lowest BCUT2D eigenvalue weighted by atomic mass is 10.2. The topological polar surface area (TPSA) is 137 Å². The molecular weight excluding hydrogens is 304 g/mol. The third-order valence-electron chi connectivity index (χ3n) is 3.39. The van der Waals surface area contributed by atoms with E-state index < -0.39 is 6.09 Å². The lowest BCUT2D eigenvalue weighted by Crippen LogP contribution is -2.48.